The number of pyridine rings is 1. The molecule has 1 aliphatic rings. The predicted octanol–water partition coefficient (Wildman–Crippen LogP) is 3.35. The lowest BCUT2D eigenvalue weighted by Gasteiger charge is -2.27. The van der Waals surface area contributed by atoms with E-state index in [0.29, 0.717) is 5.41 Å². The van der Waals surface area contributed by atoms with E-state index < -0.39 is 0 Å². The number of hydrogen-bond donors (Lipinski definition) is 1. The second-order valence-electron chi connectivity index (χ2n) is 5.80. The molecular formula is C15H22N4. The second kappa shape index (κ2) is 4.83. The van der Waals surface area contributed by atoms with E-state index in [-0.39, 0.29) is 0 Å². The Labute approximate surface area is 114 Å². The maximum atomic E-state index is 4.46. The summed E-state index contributed by atoms with van der Waals surface area (Å²) in [6.07, 6.45) is 10.4. The Hall–Kier alpha value is -1.58. The number of hydrogen-bond acceptors (Lipinski definition) is 3. The summed E-state index contributed by atoms with van der Waals surface area (Å²) in [4.78, 5) is 8.91. The van der Waals surface area contributed by atoms with Gasteiger partial charge in [0.15, 0.2) is 5.82 Å². The maximum absolute atomic E-state index is 4.46. The van der Waals surface area contributed by atoms with Gasteiger partial charge in [-0.1, -0.05) is 19.8 Å². The largest absolute Gasteiger partial charge is 0.368 e. The van der Waals surface area contributed by atoms with Crippen molar-refractivity contribution in [2.75, 3.05) is 11.9 Å². The fourth-order valence-electron chi connectivity index (χ4n) is 3.24. The Morgan fingerprint density at radius 3 is 2.84 bits per heavy atom. The highest BCUT2D eigenvalue weighted by molar-refractivity contribution is 5.85. The van der Waals surface area contributed by atoms with Gasteiger partial charge in [0.05, 0.1) is 11.8 Å². The number of nitrogens with one attached hydrogen (secondary N) is 1. The van der Waals surface area contributed by atoms with Crippen molar-refractivity contribution >= 4 is 16.9 Å². The lowest BCUT2D eigenvalue weighted by atomic mass is 9.83. The molecule has 4 heteroatoms. The van der Waals surface area contributed by atoms with E-state index in [9.17, 15) is 0 Å². The third-order valence-corrected chi connectivity index (χ3v) is 4.69. The van der Waals surface area contributed by atoms with Crippen LogP contribution in [-0.4, -0.2) is 21.1 Å². The summed E-state index contributed by atoms with van der Waals surface area (Å²) in [6, 6.07) is 2.01. The van der Waals surface area contributed by atoms with Gasteiger partial charge in [0.1, 0.15) is 5.52 Å². The van der Waals surface area contributed by atoms with E-state index >= 15 is 0 Å². The molecule has 0 amide bonds. The molecule has 0 radical (unpaired) electrons. The van der Waals surface area contributed by atoms with Crippen molar-refractivity contribution in [3.63, 3.8) is 0 Å². The lowest BCUT2D eigenvalue weighted by molar-refractivity contribution is 0.306. The van der Waals surface area contributed by atoms with Crippen LogP contribution >= 0.6 is 0 Å². The van der Waals surface area contributed by atoms with Crippen LogP contribution in [0.15, 0.2) is 18.6 Å². The highest BCUT2D eigenvalue weighted by Crippen LogP contribution is 2.41. The van der Waals surface area contributed by atoms with Crippen LogP contribution in [0.5, 0.6) is 0 Å². The summed E-state index contributed by atoms with van der Waals surface area (Å²) in [7, 11) is 2.02. The van der Waals surface area contributed by atoms with Gasteiger partial charge >= 0.3 is 0 Å². The average molecular weight is 258 g/mol. The molecule has 0 aliphatic heterocycles. The number of nitrogens with zero attached hydrogens (tertiary/aromatic N) is 3. The summed E-state index contributed by atoms with van der Waals surface area (Å²) in [6.45, 7) is 3.33. The smallest absolute Gasteiger partial charge is 0.154 e. The van der Waals surface area contributed by atoms with Crippen LogP contribution < -0.4 is 5.32 Å². The molecule has 0 bridgehead atoms. The summed E-state index contributed by atoms with van der Waals surface area (Å²) < 4.78 is 2.04. The Morgan fingerprint density at radius 1 is 1.32 bits per heavy atom. The van der Waals surface area contributed by atoms with Gasteiger partial charge in [0.25, 0.3) is 0 Å². The zero-order valence-corrected chi connectivity index (χ0v) is 11.8. The van der Waals surface area contributed by atoms with Crippen LogP contribution in [-0.2, 0) is 7.05 Å². The van der Waals surface area contributed by atoms with Crippen LogP contribution in [0, 0.1) is 5.41 Å². The minimum absolute atomic E-state index is 0.471. The number of aryl methyl sites for hydroxylation is 1. The highest BCUT2D eigenvalue weighted by Gasteiger charge is 2.31. The van der Waals surface area contributed by atoms with E-state index in [0.717, 1.165) is 23.4 Å². The van der Waals surface area contributed by atoms with Gasteiger partial charge in [0, 0.05) is 19.8 Å². The van der Waals surface area contributed by atoms with E-state index in [1.165, 1.54) is 32.1 Å². The van der Waals surface area contributed by atoms with Crippen LogP contribution in [0.4, 0.5) is 5.82 Å². The number of fused-ring (bicyclic) bond motifs is 1. The second-order valence-corrected chi connectivity index (χ2v) is 5.80. The number of aromatic nitrogens is 3. The molecule has 0 spiro atoms. The summed E-state index contributed by atoms with van der Waals surface area (Å²) >= 11 is 0. The Balaban J connectivity index is 1.82. The quantitative estimate of drug-likeness (QED) is 0.914. The standard InChI is InChI=1S/C15H22N4/c1-3-15(7-4-5-8-15)10-17-14-13-12(6-9-16-14)19(2)11-18-13/h6,9,11H,3-5,7-8,10H2,1-2H3,(H,16,17). The number of imidazole rings is 1. The first-order valence-corrected chi connectivity index (χ1v) is 7.24. The van der Waals surface area contributed by atoms with E-state index in [1.54, 1.807) is 0 Å². The van der Waals surface area contributed by atoms with Crippen molar-refractivity contribution in [2.45, 2.75) is 39.0 Å². The molecule has 1 fully saturated rings. The molecule has 0 saturated heterocycles. The molecule has 3 rings (SSSR count). The molecule has 0 unspecified atom stereocenters. The minimum atomic E-state index is 0.471. The van der Waals surface area contributed by atoms with Gasteiger partial charge < -0.3 is 9.88 Å². The van der Waals surface area contributed by atoms with Crippen molar-refractivity contribution in [1.82, 2.24) is 14.5 Å². The molecule has 2 heterocycles. The third kappa shape index (κ3) is 2.20. The van der Waals surface area contributed by atoms with E-state index in [2.05, 4.69) is 22.2 Å². The Bertz CT molecular complexity index is 567. The third-order valence-electron chi connectivity index (χ3n) is 4.69. The van der Waals surface area contributed by atoms with Crippen molar-refractivity contribution in [3.05, 3.63) is 18.6 Å². The zero-order chi connectivity index (χ0) is 13.3. The van der Waals surface area contributed by atoms with Gasteiger partial charge in [-0.15, -0.1) is 0 Å². The molecule has 0 atom stereocenters. The molecule has 1 N–H and O–H groups in total. The zero-order valence-electron chi connectivity index (χ0n) is 11.8. The van der Waals surface area contributed by atoms with Crippen molar-refractivity contribution < 1.29 is 0 Å². The topological polar surface area (TPSA) is 42.7 Å². The molecule has 4 nitrogen and oxygen atoms in total. The van der Waals surface area contributed by atoms with Crippen molar-refractivity contribution in [1.29, 1.82) is 0 Å². The van der Waals surface area contributed by atoms with Gasteiger partial charge in [-0.25, -0.2) is 9.97 Å². The number of anilines is 1. The van der Waals surface area contributed by atoms with E-state index in [1.807, 2.05) is 30.2 Å². The summed E-state index contributed by atoms with van der Waals surface area (Å²) in [5.41, 5.74) is 2.59. The predicted molar refractivity (Wildman–Crippen MR) is 78.2 cm³/mol. The van der Waals surface area contributed by atoms with Crippen LogP contribution in [0.2, 0.25) is 0 Å². The van der Waals surface area contributed by atoms with Crippen LogP contribution in [0.25, 0.3) is 11.0 Å². The summed E-state index contributed by atoms with van der Waals surface area (Å²) in [5, 5.41) is 3.55. The SMILES string of the molecule is CCC1(CNc2nccc3c2ncn3C)CCCC1. The normalized spacial score (nSPS) is 18.0. The first-order chi connectivity index (χ1) is 9.24. The Morgan fingerprint density at radius 2 is 2.11 bits per heavy atom. The maximum Gasteiger partial charge on any atom is 0.154 e. The first kappa shape index (κ1) is 12.5. The molecule has 2 aromatic heterocycles. The molecule has 1 saturated carbocycles. The lowest BCUT2D eigenvalue weighted by Crippen LogP contribution is -2.26. The molecule has 1 aliphatic carbocycles. The number of rotatable bonds is 4. The van der Waals surface area contributed by atoms with Crippen LogP contribution in [0.1, 0.15) is 39.0 Å². The first-order valence-electron chi connectivity index (χ1n) is 7.24. The van der Waals surface area contributed by atoms with Gasteiger partial charge in [-0.2, -0.15) is 0 Å². The van der Waals surface area contributed by atoms with Crippen LogP contribution in [0.3, 0.4) is 0 Å². The fourth-order valence-corrected chi connectivity index (χ4v) is 3.24. The van der Waals surface area contributed by atoms with E-state index in [4.69, 9.17) is 0 Å². The fraction of sp³-hybridized carbons (Fsp3) is 0.600. The minimum Gasteiger partial charge on any atom is -0.368 e. The van der Waals surface area contributed by atoms with Gasteiger partial charge in [-0.05, 0) is 30.7 Å². The van der Waals surface area contributed by atoms with Crippen molar-refractivity contribution in [3.8, 4) is 0 Å². The van der Waals surface area contributed by atoms with Gasteiger partial charge in [-0.3, -0.25) is 0 Å². The molecule has 2 aromatic rings. The monoisotopic (exact) mass is 258 g/mol. The highest BCUT2D eigenvalue weighted by atomic mass is 15.1. The molecular weight excluding hydrogens is 236 g/mol. The molecule has 102 valence electrons. The molecule has 19 heavy (non-hydrogen) atoms. The molecule has 0 aromatic carbocycles. The average Bonchev–Trinajstić information content (AvgIpc) is 3.05. The Kier molecular flexibility index (Phi) is 3.17. The van der Waals surface area contributed by atoms with Gasteiger partial charge in [0.2, 0.25) is 0 Å². The summed E-state index contributed by atoms with van der Waals surface area (Å²) in [5.74, 6) is 0.929. The van der Waals surface area contributed by atoms with Crippen molar-refractivity contribution in [2.24, 2.45) is 12.5 Å².